The number of aliphatic hydroxyl groups is 1. The summed E-state index contributed by atoms with van der Waals surface area (Å²) in [4.78, 5) is 21.3. The van der Waals surface area contributed by atoms with E-state index in [1.165, 1.54) is 32.1 Å². The van der Waals surface area contributed by atoms with Crippen molar-refractivity contribution in [2.75, 3.05) is 13.2 Å². The lowest BCUT2D eigenvalue weighted by Crippen LogP contribution is -2.23. The maximum absolute atomic E-state index is 11.4. The van der Waals surface area contributed by atoms with E-state index >= 15 is 0 Å². The normalized spacial score (nSPS) is 18.1. The quantitative estimate of drug-likeness (QED) is 0.526. The van der Waals surface area contributed by atoms with Gasteiger partial charge in [-0.2, -0.15) is 0 Å². The summed E-state index contributed by atoms with van der Waals surface area (Å²) in [6.45, 7) is 0.00482. The van der Waals surface area contributed by atoms with E-state index in [0.29, 0.717) is 12.3 Å². The SMILES string of the molecule is O=COCC(O)COC(=O)CCC1CCCCC1. The molecule has 18 heavy (non-hydrogen) atoms. The van der Waals surface area contributed by atoms with E-state index in [2.05, 4.69) is 4.74 Å². The minimum Gasteiger partial charge on any atom is -0.465 e. The molecule has 0 aliphatic heterocycles. The van der Waals surface area contributed by atoms with Crippen LogP contribution in [-0.4, -0.2) is 36.9 Å². The monoisotopic (exact) mass is 258 g/mol. The van der Waals surface area contributed by atoms with Gasteiger partial charge in [-0.25, -0.2) is 0 Å². The first-order valence-corrected chi connectivity index (χ1v) is 6.61. The van der Waals surface area contributed by atoms with Crippen molar-refractivity contribution in [3.63, 3.8) is 0 Å². The van der Waals surface area contributed by atoms with Crippen LogP contribution in [0.25, 0.3) is 0 Å². The van der Waals surface area contributed by atoms with Gasteiger partial charge < -0.3 is 14.6 Å². The van der Waals surface area contributed by atoms with E-state index in [9.17, 15) is 14.7 Å². The zero-order valence-electron chi connectivity index (χ0n) is 10.7. The molecule has 1 rings (SSSR count). The first kappa shape index (κ1) is 15.0. The Morgan fingerprint density at radius 3 is 2.67 bits per heavy atom. The van der Waals surface area contributed by atoms with Crippen LogP contribution in [0.4, 0.5) is 0 Å². The highest BCUT2D eigenvalue weighted by Crippen LogP contribution is 2.27. The summed E-state index contributed by atoms with van der Waals surface area (Å²) >= 11 is 0. The Morgan fingerprint density at radius 1 is 1.28 bits per heavy atom. The first-order chi connectivity index (χ1) is 8.72. The van der Waals surface area contributed by atoms with Gasteiger partial charge in [-0.1, -0.05) is 32.1 Å². The Balaban J connectivity index is 2.04. The summed E-state index contributed by atoms with van der Waals surface area (Å²) in [6.07, 6.45) is 6.61. The second-order valence-corrected chi connectivity index (χ2v) is 4.81. The number of aliphatic hydroxyl groups excluding tert-OH is 1. The summed E-state index contributed by atoms with van der Waals surface area (Å²) < 4.78 is 9.27. The van der Waals surface area contributed by atoms with Crippen molar-refractivity contribution >= 4 is 12.4 Å². The molecule has 0 heterocycles. The molecule has 0 amide bonds. The summed E-state index contributed by atoms with van der Waals surface area (Å²) in [5, 5.41) is 9.28. The molecule has 5 heteroatoms. The molecule has 0 radical (unpaired) electrons. The third-order valence-corrected chi connectivity index (χ3v) is 3.27. The molecule has 1 N–H and O–H groups in total. The van der Waals surface area contributed by atoms with E-state index in [1.807, 2.05) is 0 Å². The average molecular weight is 258 g/mol. The van der Waals surface area contributed by atoms with Crippen LogP contribution >= 0.6 is 0 Å². The van der Waals surface area contributed by atoms with Gasteiger partial charge >= 0.3 is 5.97 Å². The number of esters is 1. The predicted octanol–water partition coefficient (Wildman–Crippen LogP) is 1.42. The average Bonchev–Trinajstić information content (AvgIpc) is 2.41. The van der Waals surface area contributed by atoms with Crippen LogP contribution in [0.5, 0.6) is 0 Å². The van der Waals surface area contributed by atoms with E-state index < -0.39 is 6.10 Å². The van der Waals surface area contributed by atoms with Gasteiger partial charge in [0, 0.05) is 6.42 Å². The third kappa shape index (κ3) is 6.59. The number of carbonyl (C=O) groups excluding carboxylic acids is 2. The summed E-state index contributed by atoms with van der Waals surface area (Å²) in [5.74, 6) is 0.361. The molecule has 5 nitrogen and oxygen atoms in total. The van der Waals surface area contributed by atoms with Gasteiger partial charge in [-0.3, -0.25) is 9.59 Å². The highest BCUT2D eigenvalue weighted by molar-refractivity contribution is 5.69. The number of ether oxygens (including phenoxy) is 2. The smallest absolute Gasteiger partial charge is 0.305 e. The minimum atomic E-state index is -0.936. The lowest BCUT2D eigenvalue weighted by molar-refractivity contribution is -0.148. The van der Waals surface area contributed by atoms with Crippen molar-refractivity contribution in [3.8, 4) is 0 Å². The first-order valence-electron chi connectivity index (χ1n) is 6.61. The van der Waals surface area contributed by atoms with Gasteiger partial charge in [0.05, 0.1) is 0 Å². The largest absolute Gasteiger partial charge is 0.465 e. The molecule has 1 fully saturated rings. The van der Waals surface area contributed by atoms with Crippen LogP contribution in [0.1, 0.15) is 44.9 Å². The van der Waals surface area contributed by atoms with Crippen LogP contribution in [0.3, 0.4) is 0 Å². The Bertz CT molecular complexity index is 248. The fourth-order valence-corrected chi connectivity index (χ4v) is 2.26. The molecular formula is C13H22O5. The Morgan fingerprint density at radius 2 is 2.00 bits per heavy atom. The summed E-state index contributed by atoms with van der Waals surface area (Å²) in [6, 6.07) is 0. The fraction of sp³-hybridized carbons (Fsp3) is 0.846. The zero-order valence-corrected chi connectivity index (χ0v) is 10.7. The number of carbonyl (C=O) groups is 2. The second-order valence-electron chi connectivity index (χ2n) is 4.81. The van der Waals surface area contributed by atoms with Gasteiger partial charge in [-0.15, -0.1) is 0 Å². The van der Waals surface area contributed by atoms with Crippen molar-refractivity contribution in [1.82, 2.24) is 0 Å². The van der Waals surface area contributed by atoms with Gasteiger partial charge in [-0.05, 0) is 12.3 Å². The predicted molar refractivity (Wildman–Crippen MR) is 64.8 cm³/mol. The maximum Gasteiger partial charge on any atom is 0.305 e. The van der Waals surface area contributed by atoms with Gasteiger partial charge in [0.25, 0.3) is 6.47 Å². The van der Waals surface area contributed by atoms with E-state index in [-0.39, 0.29) is 25.7 Å². The van der Waals surface area contributed by atoms with Crippen LogP contribution in [0, 0.1) is 5.92 Å². The third-order valence-electron chi connectivity index (χ3n) is 3.27. The molecule has 0 aromatic heterocycles. The molecular weight excluding hydrogens is 236 g/mol. The molecule has 1 aliphatic rings. The van der Waals surface area contributed by atoms with Crippen molar-refractivity contribution in [3.05, 3.63) is 0 Å². The van der Waals surface area contributed by atoms with Crippen molar-refractivity contribution in [1.29, 1.82) is 0 Å². The standard InChI is InChI=1S/C13H22O5/c14-10-17-8-12(15)9-18-13(16)7-6-11-4-2-1-3-5-11/h10-12,15H,1-9H2. The Hall–Kier alpha value is -1.10. The minimum absolute atomic E-state index is 0.114. The molecule has 104 valence electrons. The lowest BCUT2D eigenvalue weighted by Gasteiger charge is -2.20. The van der Waals surface area contributed by atoms with E-state index in [4.69, 9.17) is 4.74 Å². The molecule has 0 aromatic carbocycles. The summed E-state index contributed by atoms with van der Waals surface area (Å²) in [5.41, 5.74) is 0. The molecule has 1 unspecified atom stereocenters. The molecule has 1 aliphatic carbocycles. The van der Waals surface area contributed by atoms with Crippen LogP contribution in [-0.2, 0) is 19.1 Å². The molecule has 0 bridgehead atoms. The van der Waals surface area contributed by atoms with Gasteiger partial charge in [0.2, 0.25) is 0 Å². The van der Waals surface area contributed by atoms with Gasteiger partial charge in [0.15, 0.2) is 0 Å². The highest BCUT2D eigenvalue weighted by Gasteiger charge is 2.16. The van der Waals surface area contributed by atoms with Gasteiger partial charge in [0.1, 0.15) is 19.3 Å². The number of hydrogen-bond acceptors (Lipinski definition) is 5. The molecule has 1 atom stereocenters. The molecule has 0 spiro atoms. The summed E-state index contributed by atoms with van der Waals surface area (Å²) in [7, 11) is 0. The van der Waals surface area contributed by atoms with Crippen molar-refractivity contribution in [2.24, 2.45) is 5.92 Å². The molecule has 0 aromatic rings. The Labute approximate surface area is 107 Å². The number of hydrogen-bond donors (Lipinski definition) is 1. The maximum atomic E-state index is 11.4. The fourth-order valence-electron chi connectivity index (χ4n) is 2.26. The van der Waals surface area contributed by atoms with Crippen molar-refractivity contribution < 1.29 is 24.2 Å². The highest BCUT2D eigenvalue weighted by atomic mass is 16.6. The lowest BCUT2D eigenvalue weighted by atomic mass is 9.86. The van der Waals surface area contributed by atoms with Crippen LogP contribution in [0.2, 0.25) is 0 Å². The topological polar surface area (TPSA) is 72.8 Å². The second kappa shape index (κ2) is 8.91. The van der Waals surface area contributed by atoms with E-state index in [0.717, 1.165) is 6.42 Å². The zero-order chi connectivity index (χ0) is 13.2. The van der Waals surface area contributed by atoms with Crippen LogP contribution < -0.4 is 0 Å². The Kier molecular flexibility index (Phi) is 7.41. The molecule has 1 saturated carbocycles. The van der Waals surface area contributed by atoms with Crippen molar-refractivity contribution in [2.45, 2.75) is 51.0 Å². The molecule has 0 saturated heterocycles. The number of rotatable bonds is 8. The van der Waals surface area contributed by atoms with E-state index in [1.54, 1.807) is 0 Å². The van der Waals surface area contributed by atoms with Crippen LogP contribution in [0.15, 0.2) is 0 Å².